The van der Waals surface area contributed by atoms with Gasteiger partial charge in [0.1, 0.15) is 11.4 Å². The highest BCUT2D eigenvalue weighted by Crippen LogP contribution is 2.25. The molecule has 1 saturated heterocycles. The fraction of sp³-hybridized carbons (Fsp3) is 0.389. The van der Waals surface area contributed by atoms with E-state index in [0.717, 1.165) is 5.56 Å². The monoisotopic (exact) mass is 390 g/mol. The summed E-state index contributed by atoms with van der Waals surface area (Å²) in [6.07, 6.45) is 0.502. The van der Waals surface area contributed by atoms with Crippen LogP contribution >= 0.6 is 0 Å². The molecule has 2 aromatic rings. The Hall–Kier alpha value is -2.68. The van der Waals surface area contributed by atoms with Gasteiger partial charge in [0.2, 0.25) is 5.95 Å². The lowest BCUT2D eigenvalue weighted by atomic mass is 10.2. The van der Waals surface area contributed by atoms with Gasteiger partial charge >= 0.3 is 0 Å². The highest BCUT2D eigenvalue weighted by atomic mass is 32.2. The largest absolute Gasteiger partial charge is 0.495 e. The van der Waals surface area contributed by atoms with Gasteiger partial charge < -0.3 is 15.4 Å². The van der Waals surface area contributed by atoms with Gasteiger partial charge in [0, 0.05) is 11.7 Å². The van der Waals surface area contributed by atoms with E-state index in [1.807, 2.05) is 19.1 Å². The zero-order valence-corrected chi connectivity index (χ0v) is 16.3. The number of nitrogens with one attached hydrogen (secondary N) is 2. The second kappa shape index (κ2) is 7.51. The lowest BCUT2D eigenvalue weighted by molar-refractivity contribution is 0.102. The topological polar surface area (TPSA) is 110 Å². The second-order valence-corrected chi connectivity index (χ2v) is 8.85. The molecular weight excluding hydrogens is 368 g/mol. The van der Waals surface area contributed by atoms with Crippen molar-refractivity contribution in [3.63, 3.8) is 0 Å². The maximum Gasteiger partial charge on any atom is 0.274 e. The number of hydrogen-bond acceptors (Lipinski definition) is 7. The molecule has 0 bridgehead atoms. The molecule has 3 rings (SSSR count). The number of aryl methyl sites for hydroxylation is 2. The van der Waals surface area contributed by atoms with Crippen LogP contribution in [0.1, 0.15) is 28.2 Å². The zero-order chi connectivity index (χ0) is 19.6. The molecule has 1 aliphatic heterocycles. The van der Waals surface area contributed by atoms with Crippen molar-refractivity contribution in [3.8, 4) is 5.75 Å². The van der Waals surface area contributed by atoms with Crippen molar-refractivity contribution in [2.45, 2.75) is 26.3 Å². The van der Waals surface area contributed by atoms with E-state index in [-0.39, 0.29) is 29.2 Å². The maximum atomic E-state index is 12.7. The minimum Gasteiger partial charge on any atom is -0.495 e. The number of aromatic nitrogens is 2. The van der Waals surface area contributed by atoms with E-state index in [1.54, 1.807) is 19.1 Å². The summed E-state index contributed by atoms with van der Waals surface area (Å²) >= 11 is 0. The molecule has 9 heteroatoms. The van der Waals surface area contributed by atoms with Gasteiger partial charge in [-0.3, -0.25) is 4.79 Å². The van der Waals surface area contributed by atoms with E-state index in [2.05, 4.69) is 20.6 Å². The van der Waals surface area contributed by atoms with Crippen LogP contribution in [0.2, 0.25) is 0 Å². The Morgan fingerprint density at radius 2 is 2.00 bits per heavy atom. The van der Waals surface area contributed by atoms with Crippen LogP contribution in [0.3, 0.4) is 0 Å². The molecular formula is C18H22N4O4S. The number of rotatable bonds is 5. The molecule has 0 spiro atoms. The molecule has 1 aromatic carbocycles. The van der Waals surface area contributed by atoms with E-state index >= 15 is 0 Å². The third kappa shape index (κ3) is 4.73. The quantitative estimate of drug-likeness (QED) is 0.803. The highest BCUT2D eigenvalue weighted by Gasteiger charge is 2.28. The third-order valence-corrected chi connectivity index (χ3v) is 6.02. The molecule has 8 nitrogen and oxygen atoms in total. The molecule has 2 heterocycles. The van der Waals surface area contributed by atoms with E-state index in [4.69, 9.17) is 4.74 Å². The van der Waals surface area contributed by atoms with Crippen LogP contribution in [-0.2, 0) is 9.84 Å². The first-order valence-electron chi connectivity index (χ1n) is 8.54. The Morgan fingerprint density at radius 1 is 1.22 bits per heavy atom. The first-order chi connectivity index (χ1) is 12.8. The lowest BCUT2D eigenvalue weighted by Gasteiger charge is -2.13. The van der Waals surface area contributed by atoms with Gasteiger partial charge in [-0.05, 0) is 44.0 Å². The predicted octanol–water partition coefficient (Wildman–Crippen LogP) is 1.95. The van der Waals surface area contributed by atoms with Crippen molar-refractivity contribution in [2.75, 3.05) is 29.2 Å². The van der Waals surface area contributed by atoms with Crippen molar-refractivity contribution < 1.29 is 17.9 Å². The summed E-state index contributed by atoms with van der Waals surface area (Å²) in [6, 6.07) is 6.82. The fourth-order valence-corrected chi connectivity index (χ4v) is 4.62. The lowest BCUT2D eigenvalue weighted by Crippen LogP contribution is -2.23. The van der Waals surface area contributed by atoms with E-state index in [1.165, 1.54) is 7.11 Å². The van der Waals surface area contributed by atoms with Gasteiger partial charge in [-0.25, -0.2) is 18.4 Å². The van der Waals surface area contributed by atoms with Crippen LogP contribution in [0.4, 0.5) is 11.6 Å². The van der Waals surface area contributed by atoms with Gasteiger partial charge in [-0.15, -0.1) is 0 Å². The van der Waals surface area contributed by atoms with Crippen molar-refractivity contribution in [1.82, 2.24) is 9.97 Å². The molecule has 2 N–H and O–H groups in total. The number of anilines is 2. The minimum atomic E-state index is -3.02. The Labute approximate surface area is 158 Å². The number of carbonyl (C=O) groups excluding carboxylic acids is 1. The van der Waals surface area contributed by atoms with Crippen molar-refractivity contribution in [1.29, 1.82) is 0 Å². The first kappa shape index (κ1) is 19.1. The van der Waals surface area contributed by atoms with Gasteiger partial charge in [-0.1, -0.05) is 6.07 Å². The molecule has 1 unspecified atom stereocenters. The Morgan fingerprint density at radius 3 is 2.67 bits per heavy atom. The SMILES string of the molecule is COc1ccc(C)cc1NC(=O)c1cc(C)nc(NC2CCS(=O)(=O)C2)n1. The summed E-state index contributed by atoms with van der Waals surface area (Å²) in [4.78, 5) is 21.2. The number of carbonyl (C=O) groups is 1. The molecule has 0 aliphatic carbocycles. The predicted molar refractivity (Wildman–Crippen MR) is 103 cm³/mol. The van der Waals surface area contributed by atoms with Crippen LogP contribution in [0.5, 0.6) is 5.75 Å². The molecule has 144 valence electrons. The van der Waals surface area contributed by atoms with Crippen LogP contribution in [0.25, 0.3) is 0 Å². The zero-order valence-electron chi connectivity index (χ0n) is 15.4. The number of amides is 1. The number of benzene rings is 1. The van der Waals surface area contributed by atoms with Crippen molar-refractivity contribution in [2.24, 2.45) is 0 Å². The van der Waals surface area contributed by atoms with Crippen LogP contribution in [-0.4, -0.2) is 49.0 Å². The molecule has 0 radical (unpaired) electrons. The van der Waals surface area contributed by atoms with Crippen molar-refractivity contribution >= 4 is 27.4 Å². The summed E-state index contributed by atoms with van der Waals surface area (Å²) < 4.78 is 28.5. The third-order valence-electron chi connectivity index (χ3n) is 4.26. The Kier molecular flexibility index (Phi) is 5.31. The summed E-state index contributed by atoms with van der Waals surface area (Å²) in [7, 11) is -1.48. The highest BCUT2D eigenvalue weighted by molar-refractivity contribution is 7.91. The summed E-state index contributed by atoms with van der Waals surface area (Å²) in [6.45, 7) is 3.67. The standard InChI is InChI=1S/C18H22N4O4S/c1-11-4-5-16(26-3)14(8-11)21-17(23)15-9-12(2)19-18(22-15)20-13-6-7-27(24,25)10-13/h4-5,8-9,13H,6-7,10H2,1-3H3,(H,21,23)(H,19,20,22). The van der Waals surface area contributed by atoms with Crippen LogP contribution in [0, 0.1) is 13.8 Å². The van der Waals surface area contributed by atoms with Crippen LogP contribution in [0.15, 0.2) is 24.3 Å². The van der Waals surface area contributed by atoms with E-state index in [9.17, 15) is 13.2 Å². The smallest absolute Gasteiger partial charge is 0.274 e. The molecule has 27 heavy (non-hydrogen) atoms. The number of hydrogen-bond donors (Lipinski definition) is 2. The molecule has 1 amide bonds. The summed E-state index contributed by atoms with van der Waals surface area (Å²) in [5.41, 5.74) is 2.33. The number of sulfone groups is 1. The number of methoxy groups -OCH3 is 1. The molecule has 1 atom stereocenters. The average molecular weight is 390 g/mol. The number of ether oxygens (including phenoxy) is 1. The molecule has 0 saturated carbocycles. The fourth-order valence-electron chi connectivity index (χ4n) is 2.95. The molecule has 1 aliphatic rings. The van der Waals surface area contributed by atoms with E-state index < -0.39 is 15.7 Å². The van der Waals surface area contributed by atoms with Gasteiger partial charge in [0.15, 0.2) is 9.84 Å². The first-order valence-corrected chi connectivity index (χ1v) is 10.4. The maximum absolute atomic E-state index is 12.7. The molecule has 1 aromatic heterocycles. The number of nitrogens with zero attached hydrogens (tertiary/aromatic N) is 2. The van der Waals surface area contributed by atoms with E-state index in [0.29, 0.717) is 23.6 Å². The summed E-state index contributed by atoms with van der Waals surface area (Å²) in [5, 5.41) is 5.82. The van der Waals surface area contributed by atoms with Crippen LogP contribution < -0.4 is 15.4 Å². The van der Waals surface area contributed by atoms with Gasteiger partial charge in [0.05, 0.1) is 24.3 Å². The van der Waals surface area contributed by atoms with Crippen molar-refractivity contribution in [3.05, 3.63) is 41.2 Å². The average Bonchev–Trinajstić information content (AvgIpc) is 2.93. The normalized spacial score (nSPS) is 18.1. The summed E-state index contributed by atoms with van der Waals surface area (Å²) in [5.74, 6) is 0.600. The molecule has 1 fully saturated rings. The van der Waals surface area contributed by atoms with Gasteiger partial charge in [-0.2, -0.15) is 0 Å². The minimum absolute atomic E-state index is 0.0479. The second-order valence-electron chi connectivity index (χ2n) is 6.62. The van der Waals surface area contributed by atoms with Gasteiger partial charge in [0.25, 0.3) is 5.91 Å². The Balaban J connectivity index is 1.79. The Bertz CT molecular complexity index is 975.